The zero-order valence-corrected chi connectivity index (χ0v) is 26.7. The summed E-state index contributed by atoms with van der Waals surface area (Å²) in [6.07, 6.45) is -0.275. The number of benzene rings is 7. The molecule has 1 unspecified atom stereocenters. The maximum atomic E-state index is 5.17. The van der Waals surface area contributed by atoms with E-state index in [9.17, 15) is 0 Å². The van der Waals surface area contributed by atoms with E-state index in [-0.39, 0.29) is 6.17 Å². The smallest absolute Gasteiger partial charge is 0.159 e. The minimum Gasteiger partial charge on any atom is -0.344 e. The Morgan fingerprint density at radius 1 is 0.429 bits per heavy atom. The van der Waals surface area contributed by atoms with E-state index in [0.717, 1.165) is 39.2 Å². The van der Waals surface area contributed by atoms with Gasteiger partial charge in [-0.2, -0.15) is 0 Å². The lowest BCUT2D eigenvalue weighted by Crippen LogP contribution is -2.33. The van der Waals surface area contributed by atoms with Crippen LogP contribution in [0.2, 0.25) is 0 Å². The molecule has 0 saturated heterocycles. The zero-order chi connectivity index (χ0) is 32.6. The molecule has 4 nitrogen and oxygen atoms in total. The molecule has 1 atom stereocenters. The summed E-state index contributed by atoms with van der Waals surface area (Å²) < 4.78 is 2.36. The third kappa shape index (κ3) is 5.39. The summed E-state index contributed by atoms with van der Waals surface area (Å²) in [5.74, 6) is 1.50. The van der Waals surface area contributed by atoms with Gasteiger partial charge in [0.05, 0.1) is 11.0 Å². The number of nitrogens with zero attached hydrogens (tertiary/aromatic N) is 3. The molecule has 1 aliphatic rings. The highest BCUT2D eigenvalue weighted by Gasteiger charge is 2.22. The van der Waals surface area contributed by atoms with Crippen molar-refractivity contribution in [3.8, 4) is 27.9 Å². The second-order valence-corrected chi connectivity index (χ2v) is 12.3. The molecule has 8 aromatic rings. The fourth-order valence-electron chi connectivity index (χ4n) is 6.83. The molecule has 0 radical (unpaired) electrons. The predicted octanol–water partition coefficient (Wildman–Crippen LogP) is 10.6. The maximum absolute atomic E-state index is 5.17. The van der Waals surface area contributed by atoms with Gasteiger partial charge in [-0.25, -0.2) is 9.98 Å². The summed E-state index contributed by atoms with van der Waals surface area (Å²) in [6, 6.07) is 64.0. The molecule has 0 aliphatic carbocycles. The van der Waals surface area contributed by atoms with Crippen LogP contribution in [0.15, 0.2) is 192 Å². The second kappa shape index (κ2) is 12.3. The van der Waals surface area contributed by atoms with E-state index < -0.39 is 0 Å². The number of amidine groups is 2. The Morgan fingerprint density at radius 3 is 1.76 bits per heavy atom. The average molecular weight is 629 g/mol. The molecule has 1 aliphatic heterocycles. The molecule has 49 heavy (non-hydrogen) atoms. The van der Waals surface area contributed by atoms with Crippen molar-refractivity contribution in [1.82, 2.24) is 9.88 Å². The van der Waals surface area contributed by atoms with Crippen LogP contribution in [0.3, 0.4) is 0 Å². The Labute approximate surface area is 285 Å². The Balaban J connectivity index is 1.16. The van der Waals surface area contributed by atoms with Crippen LogP contribution < -0.4 is 5.32 Å². The first kappa shape index (κ1) is 28.7. The molecule has 0 fully saturated rings. The van der Waals surface area contributed by atoms with Crippen LogP contribution in [0.25, 0.3) is 49.7 Å². The molecule has 1 aromatic heterocycles. The van der Waals surface area contributed by atoms with Crippen molar-refractivity contribution >= 4 is 33.5 Å². The Hall–Kier alpha value is -6.52. The average Bonchev–Trinajstić information content (AvgIpc) is 3.52. The van der Waals surface area contributed by atoms with Crippen molar-refractivity contribution in [2.45, 2.75) is 6.17 Å². The Bertz CT molecular complexity index is 2490. The number of para-hydroxylation sites is 1. The fraction of sp³-hybridized carbons (Fsp3) is 0.0222. The molecule has 0 spiro atoms. The van der Waals surface area contributed by atoms with Gasteiger partial charge in [0, 0.05) is 27.6 Å². The minimum absolute atomic E-state index is 0.275. The Kier molecular flexibility index (Phi) is 7.17. The number of hydrogen-bond acceptors (Lipinski definition) is 3. The van der Waals surface area contributed by atoms with E-state index >= 15 is 0 Å². The molecule has 0 bridgehead atoms. The predicted molar refractivity (Wildman–Crippen MR) is 203 cm³/mol. The first-order valence-corrected chi connectivity index (χ1v) is 16.6. The van der Waals surface area contributed by atoms with E-state index in [1.165, 1.54) is 33.0 Å². The molecule has 9 rings (SSSR count). The van der Waals surface area contributed by atoms with Crippen LogP contribution in [0.1, 0.15) is 22.9 Å². The van der Waals surface area contributed by atoms with E-state index in [4.69, 9.17) is 9.98 Å². The van der Waals surface area contributed by atoms with Gasteiger partial charge >= 0.3 is 0 Å². The van der Waals surface area contributed by atoms with Crippen molar-refractivity contribution in [1.29, 1.82) is 0 Å². The van der Waals surface area contributed by atoms with Crippen LogP contribution in [0, 0.1) is 0 Å². The van der Waals surface area contributed by atoms with E-state index in [2.05, 4.69) is 180 Å². The molecule has 7 aromatic carbocycles. The largest absolute Gasteiger partial charge is 0.344 e. The van der Waals surface area contributed by atoms with Crippen LogP contribution in [-0.4, -0.2) is 16.2 Å². The van der Waals surface area contributed by atoms with E-state index in [0.29, 0.717) is 5.84 Å². The van der Waals surface area contributed by atoms with Gasteiger partial charge in [0.15, 0.2) is 5.84 Å². The van der Waals surface area contributed by atoms with Crippen LogP contribution in [-0.2, 0) is 0 Å². The summed E-state index contributed by atoms with van der Waals surface area (Å²) in [4.78, 5) is 10.3. The molecule has 0 amide bonds. The fourth-order valence-corrected chi connectivity index (χ4v) is 6.83. The topological polar surface area (TPSA) is 41.7 Å². The lowest BCUT2D eigenvalue weighted by atomic mass is 10.0. The molecular weight excluding hydrogens is 597 g/mol. The number of aliphatic imine (C=N–C) groups is 2. The summed E-state index contributed by atoms with van der Waals surface area (Å²) in [7, 11) is 0. The van der Waals surface area contributed by atoms with Crippen molar-refractivity contribution in [2.24, 2.45) is 9.98 Å². The zero-order valence-electron chi connectivity index (χ0n) is 26.7. The third-order valence-corrected chi connectivity index (χ3v) is 9.27. The van der Waals surface area contributed by atoms with Gasteiger partial charge in [0.2, 0.25) is 0 Å². The quantitative estimate of drug-likeness (QED) is 0.196. The monoisotopic (exact) mass is 628 g/mol. The van der Waals surface area contributed by atoms with Gasteiger partial charge in [-0.15, -0.1) is 0 Å². The first-order chi connectivity index (χ1) is 24.3. The van der Waals surface area contributed by atoms with Gasteiger partial charge in [0.25, 0.3) is 0 Å². The summed E-state index contributed by atoms with van der Waals surface area (Å²) in [5, 5.41) is 6.07. The number of hydrogen-bond donors (Lipinski definition) is 1. The normalized spacial score (nSPS) is 14.3. The van der Waals surface area contributed by atoms with Gasteiger partial charge in [-0.3, -0.25) is 0 Å². The lowest BCUT2D eigenvalue weighted by Gasteiger charge is -2.24. The van der Waals surface area contributed by atoms with E-state index in [1.807, 2.05) is 12.1 Å². The van der Waals surface area contributed by atoms with Gasteiger partial charge in [-0.05, 0) is 52.1 Å². The standard InChI is InChI=1S/C45H32N4/c1-4-13-31(14-5-1)33-23-25-35(26-24-33)44-46-43(34-17-8-3-9-18-34)47-45(48-44)37-19-12-20-38(29-37)49-41-22-11-10-21-39(41)40-28-27-36(30-42(40)49)32-15-6-2-7-16-32/h1-30,43H,(H,46,47,48). The van der Waals surface area contributed by atoms with Crippen LogP contribution in [0.4, 0.5) is 0 Å². The van der Waals surface area contributed by atoms with Crippen LogP contribution in [0.5, 0.6) is 0 Å². The number of rotatable bonds is 6. The molecule has 1 N–H and O–H groups in total. The van der Waals surface area contributed by atoms with Gasteiger partial charge in [0.1, 0.15) is 12.0 Å². The molecule has 4 heteroatoms. The maximum Gasteiger partial charge on any atom is 0.159 e. The molecule has 232 valence electrons. The van der Waals surface area contributed by atoms with Gasteiger partial charge < -0.3 is 9.88 Å². The van der Waals surface area contributed by atoms with Gasteiger partial charge in [-0.1, -0.05) is 158 Å². The van der Waals surface area contributed by atoms with Crippen molar-refractivity contribution in [3.63, 3.8) is 0 Å². The van der Waals surface area contributed by atoms with Crippen molar-refractivity contribution < 1.29 is 0 Å². The minimum atomic E-state index is -0.275. The summed E-state index contributed by atoms with van der Waals surface area (Å²) in [5.41, 5.74) is 11.2. The number of aromatic nitrogens is 1. The van der Waals surface area contributed by atoms with E-state index in [1.54, 1.807) is 0 Å². The first-order valence-electron chi connectivity index (χ1n) is 16.6. The molecular formula is C45H32N4. The highest BCUT2D eigenvalue weighted by atomic mass is 15.2. The Morgan fingerprint density at radius 2 is 1.00 bits per heavy atom. The number of fused-ring (bicyclic) bond motifs is 3. The second-order valence-electron chi connectivity index (χ2n) is 12.3. The van der Waals surface area contributed by atoms with Crippen molar-refractivity contribution in [3.05, 3.63) is 199 Å². The highest BCUT2D eigenvalue weighted by Crippen LogP contribution is 2.35. The number of nitrogens with one attached hydrogen (secondary N) is 1. The highest BCUT2D eigenvalue weighted by molar-refractivity contribution is 6.14. The third-order valence-electron chi connectivity index (χ3n) is 9.27. The van der Waals surface area contributed by atoms with Crippen LogP contribution >= 0.6 is 0 Å². The molecule has 0 saturated carbocycles. The summed E-state index contributed by atoms with van der Waals surface area (Å²) >= 11 is 0. The van der Waals surface area contributed by atoms with Crippen molar-refractivity contribution in [2.75, 3.05) is 0 Å². The SMILES string of the molecule is c1ccc(-c2ccc(C3=NC(c4cccc(-n5c6ccccc6c6ccc(-c7ccccc7)cc65)c4)=NC(c4ccccc4)N3)cc2)cc1. The lowest BCUT2D eigenvalue weighted by molar-refractivity contribution is 0.674. The summed E-state index contributed by atoms with van der Waals surface area (Å²) in [6.45, 7) is 0. The molecule has 2 heterocycles.